The zero-order valence-corrected chi connectivity index (χ0v) is 14.3. The molecule has 9 heteroatoms. The molecule has 2 aromatic rings. The van der Waals surface area contributed by atoms with Crippen molar-refractivity contribution in [2.75, 3.05) is 18.2 Å². The first kappa shape index (κ1) is 17.6. The van der Waals surface area contributed by atoms with Crippen LogP contribution in [-0.2, 0) is 9.84 Å². The van der Waals surface area contributed by atoms with Gasteiger partial charge in [0.25, 0.3) is 0 Å². The Morgan fingerprint density at radius 1 is 1.26 bits per heavy atom. The van der Waals surface area contributed by atoms with Gasteiger partial charge in [-0.3, -0.25) is 4.98 Å². The van der Waals surface area contributed by atoms with E-state index in [0.29, 0.717) is 28.5 Å². The molecule has 7 nitrogen and oxygen atoms in total. The molecule has 0 saturated carbocycles. The van der Waals surface area contributed by atoms with E-state index in [1.807, 2.05) is 6.92 Å². The van der Waals surface area contributed by atoms with Crippen molar-refractivity contribution in [2.45, 2.75) is 24.4 Å². The Bertz CT molecular complexity index is 781. The second kappa shape index (κ2) is 7.20. The third kappa shape index (κ3) is 4.60. The maximum Gasteiger partial charge on any atom is 0.194 e. The third-order valence-electron chi connectivity index (χ3n) is 3.12. The zero-order chi connectivity index (χ0) is 17.0. The summed E-state index contributed by atoms with van der Waals surface area (Å²) in [6.07, 6.45) is 5.77. The van der Waals surface area contributed by atoms with Crippen LogP contribution in [0.1, 0.15) is 13.3 Å². The Morgan fingerprint density at radius 3 is 2.57 bits per heavy atom. The molecule has 1 atom stereocenters. The lowest BCUT2D eigenvalue weighted by molar-refractivity contribution is 0.282. The summed E-state index contributed by atoms with van der Waals surface area (Å²) in [5.41, 5.74) is 1.80. The van der Waals surface area contributed by atoms with Gasteiger partial charge in [0.05, 0.1) is 18.1 Å². The summed E-state index contributed by atoms with van der Waals surface area (Å²) in [5, 5.41) is 12.5. The molecule has 0 saturated heterocycles. The van der Waals surface area contributed by atoms with E-state index in [-0.39, 0.29) is 17.7 Å². The number of rotatable bonds is 6. The van der Waals surface area contributed by atoms with Crippen molar-refractivity contribution in [3.8, 4) is 11.3 Å². The fourth-order valence-corrected chi connectivity index (χ4v) is 2.58. The molecule has 0 fully saturated rings. The quantitative estimate of drug-likeness (QED) is 0.760. The number of aromatic nitrogens is 3. The standard InChI is InChI=1S/C14H17ClN4O3S/c1-9(3-4-20)19-11-5-13(15)17-6-10(11)12-7-18-14(8-16-12)23(2,21)22/h5-9,20H,3-4H2,1-2H3,(H,17,19)/t9-/m0/s1. The molecule has 0 aliphatic rings. The Kier molecular flexibility index (Phi) is 5.51. The summed E-state index contributed by atoms with van der Waals surface area (Å²) in [6, 6.07) is 1.66. The molecule has 0 spiro atoms. The van der Waals surface area contributed by atoms with Gasteiger partial charge in [-0.25, -0.2) is 18.4 Å². The number of hydrogen-bond donors (Lipinski definition) is 2. The lowest BCUT2D eigenvalue weighted by atomic mass is 10.1. The monoisotopic (exact) mass is 356 g/mol. The second-order valence-corrected chi connectivity index (χ2v) is 7.47. The van der Waals surface area contributed by atoms with Crippen molar-refractivity contribution < 1.29 is 13.5 Å². The Balaban J connectivity index is 2.39. The molecular formula is C14H17ClN4O3S. The maximum absolute atomic E-state index is 11.4. The van der Waals surface area contributed by atoms with Gasteiger partial charge < -0.3 is 10.4 Å². The van der Waals surface area contributed by atoms with E-state index in [1.54, 1.807) is 12.3 Å². The SMILES string of the molecule is C[C@@H](CCO)Nc1cc(Cl)ncc1-c1cnc(S(C)(=O)=O)cn1. The van der Waals surface area contributed by atoms with Gasteiger partial charge in [-0.15, -0.1) is 0 Å². The number of anilines is 1. The number of halogens is 1. The van der Waals surface area contributed by atoms with Crippen LogP contribution in [0.4, 0.5) is 5.69 Å². The van der Waals surface area contributed by atoms with Gasteiger partial charge in [0.15, 0.2) is 14.9 Å². The smallest absolute Gasteiger partial charge is 0.194 e. The number of aliphatic hydroxyl groups excluding tert-OH is 1. The summed E-state index contributed by atoms with van der Waals surface area (Å²) >= 11 is 5.93. The minimum absolute atomic E-state index is 0.0143. The molecule has 0 aliphatic heterocycles. The summed E-state index contributed by atoms with van der Waals surface area (Å²) in [4.78, 5) is 12.1. The number of nitrogens with zero attached hydrogens (tertiary/aromatic N) is 3. The molecule has 124 valence electrons. The Morgan fingerprint density at radius 2 is 2.00 bits per heavy atom. The van der Waals surface area contributed by atoms with Gasteiger partial charge in [0.2, 0.25) is 0 Å². The van der Waals surface area contributed by atoms with Crippen LogP contribution < -0.4 is 5.32 Å². The number of sulfone groups is 1. The first-order valence-corrected chi connectivity index (χ1v) is 9.13. The van der Waals surface area contributed by atoms with Crippen LogP contribution in [0.2, 0.25) is 5.15 Å². The highest BCUT2D eigenvalue weighted by atomic mass is 35.5. The maximum atomic E-state index is 11.4. The number of nitrogens with one attached hydrogen (secondary N) is 1. The van der Waals surface area contributed by atoms with Crippen LogP contribution in [0, 0.1) is 0 Å². The van der Waals surface area contributed by atoms with E-state index >= 15 is 0 Å². The largest absolute Gasteiger partial charge is 0.396 e. The molecule has 2 N–H and O–H groups in total. The highest BCUT2D eigenvalue weighted by molar-refractivity contribution is 7.90. The first-order chi connectivity index (χ1) is 10.8. The molecule has 0 bridgehead atoms. The summed E-state index contributed by atoms with van der Waals surface area (Å²) in [6.45, 7) is 1.98. The summed E-state index contributed by atoms with van der Waals surface area (Å²) in [7, 11) is -3.40. The van der Waals surface area contributed by atoms with Crippen LogP contribution in [0.3, 0.4) is 0 Å². The van der Waals surface area contributed by atoms with Crippen molar-refractivity contribution >= 4 is 27.1 Å². The van der Waals surface area contributed by atoms with E-state index in [9.17, 15) is 8.42 Å². The molecular weight excluding hydrogens is 340 g/mol. The topological polar surface area (TPSA) is 105 Å². The van der Waals surface area contributed by atoms with Crippen molar-refractivity contribution in [1.82, 2.24) is 15.0 Å². The van der Waals surface area contributed by atoms with Crippen molar-refractivity contribution in [3.63, 3.8) is 0 Å². The van der Waals surface area contributed by atoms with Crippen LogP contribution in [0.15, 0.2) is 29.7 Å². The highest BCUT2D eigenvalue weighted by Crippen LogP contribution is 2.28. The van der Waals surface area contributed by atoms with E-state index < -0.39 is 9.84 Å². The van der Waals surface area contributed by atoms with E-state index in [0.717, 1.165) is 6.26 Å². The third-order valence-corrected chi connectivity index (χ3v) is 4.30. The molecule has 0 radical (unpaired) electrons. The minimum atomic E-state index is -3.40. The fourth-order valence-electron chi connectivity index (χ4n) is 1.93. The number of aliphatic hydroxyl groups is 1. The lowest BCUT2D eigenvalue weighted by Gasteiger charge is -2.17. The average Bonchev–Trinajstić information content (AvgIpc) is 2.47. The van der Waals surface area contributed by atoms with Gasteiger partial charge >= 0.3 is 0 Å². The number of hydrogen-bond acceptors (Lipinski definition) is 7. The first-order valence-electron chi connectivity index (χ1n) is 6.86. The summed E-state index contributed by atoms with van der Waals surface area (Å²) < 4.78 is 22.9. The summed E-state index contributed by atoms with van der Waals surface area (Å²) in [5.74, 6) is 0. The molecule has 2 heterocycles. The fraction of sp³-hybridized carbons (Fsp3) is 0.357. The van der Waals surface area contributed by atoms with E-state index in [2.05, 4.69) is 20.3 Å². The zero-order valence-electron chi connectivity index (χ0n) is 12.7. The Hall–Kier alpha value is -1.77. The van der Waals surface area contributed by atoms with E-state index in [1.165, 1.54) is 12.4 Å². The van der Waals surface area contributed by atoms with Gasteiger partial charge in [0, 0.05) is 36.4 Å². The molecule has 23 heavy (non-hydrogen) atoms. The minimum Gasteiger partial charge on any atom is -0.396 e. The van der Waals surface area contributed by atoms with Crippen LogP contribution in [0.5, 0.6) is 0 Å². The normalized spacial score (nSPS) is 12.9. The van der Waals surface area contributed by atoms with Crippen LogP contribution in [-0.4, -0.2) is 47.4 Å². The van der Waals surface area contributed by atoms with Gasteiger partial charge in [-0.2, -0.15) is 0 Å². The second-order valence-electron chi connectivity index (χ2n) is 5.12. The number of pyridine rings is 1. The molecule has 0 aromatic carbocycles. The van der Waals surface area contributed by atoms with E-state index in [4.69, 9.17) is 16.7 Å². The lowest BCUT2D eigenvalue weighted by Crippen LogP contribution is -2.17. The van der Waals surface area contributed by atoms with Crippen molar-refractivity contribution in [3.05, 3.63) is 29.8 Å². The van der Waals surface area contributed by atoms with Crippen LogP contribution in [0.25, 0.3) is 11.3 Å². The van der Waals surface area contributed by atoms with Crippen LogP contribution >= 0.6 is 11.6 Å². The van der Waals surface area contributed by atoms with Crippen molar-refractivity contribution in [2.24, 2.45) is 0 Å². The molecule has 0 aliphatic carbocycles. The van der Waals surface area contributed by atoms with Gasteiger partial charge in [0.1, 0.15) is 5.15 Å². The van der Waals surface area contributed by atoms with Gasteiger partial charge in [-0.1, -0.05) is 11.6 Å². The predicted molar refractivity (Wildman–Crippen MR) is 88.2 cm³/mol. The Labute approximate surface area is 139 Å². The highest BCUT2D eigenvalue weighted by Gasteiger charge is 2.14. The molecule has 0 unspecified atom stereocenters. The molecule has 2 rings (SSSR count). The molecule has 2 aromatic heterocycles. The molecule has 0 amide bonds. The van der Waals surface area contributed by atoms with Gasteiger partial charge in [-0.05, 0) is 19.4 Å². The van der Waals surface area contributed by atoms with Crippen molar-refractivity contribution in [1.29, 1.82) is 0 Å². The predicted octanol–water partition coefficient (Wildman–Crippen LogP) is 1.78. The average molecular weight is 357 g/mol.